The third kappa shape index (κ3) is 5.30. The van der Waals surface area contributed by atoms with Crippen molar-refractivity contribution in [1.82, 2.24) is 5.32 Å². The van der Waals surface area contributed by atoms with Gasteiger partial charge in [0.2, 0.25) is 5.91 Å². The van der Waals surface area contributed by atoms with Gasteiger partial charge in [-0.2, -0.15) is 0 Å². The molecule has 1 aliphatic rings. The number of carbonyl (C=O) groups is 2. The van der Waals surface area contributed by atoms with Crippen molar-refractivity contribution in [1.29, 1.82) is 0 Å². The summed E-state index contributed by atoms with van der Waals surface area (Å²) in [5, 5.41) is 3.26. The molecule has 2 aromatic carbocycles. The molecule has 1 N–H and O–H groups in total. The van der Waals surface area contributed by atoms with Gasteiger partial charge in [0.25, 0.3) is 5.91 Å². The molecule has 0 aromatic heterocycles. The first-order valence-electron chi connectivity index (χ1n) is 10.1. The zero-order valence-corrected chi connectivity index (χ0v) is 17.7. The number of unbranched alkanes of at least 4 members (excludes halogenated alkanes) is 3. The molecule has 1 atom stereocenters. The zero-order valence-electron chi connectivity index (χ0n) is 16.9. The first kappa shape index (κ1) is 21.2. The van der Waals surface area contributed by atoms with Gasteiger partial charge in [0.05, 0.1) is 13.2 Å². The lowest BCUT2D eigenvalue weighted by Crippen LogP contribution is -2.36. The zero-order chi connectivity index (χ0) is 20.8. The third-order valence-electron chi connectivity index (χ3n) is 4.98. The van der Waals surface area contributed by atoms with Gasteiger partial charge in [-0.05, 0) is 42.3 Å². The average molecular weight is 415 g/mol. The van der Waals surface area contributed by atoms with Gasteiger partial charge in [0, 0.05) is 23.2 Å². The largest absolute Gasteiger partial charge is 0.494 e. The monoisotopic (exact) mass is 414 g/mol. The number of halogens is 1. The number of nitrogens with one attached hydrogen (secondary N) is 1. The molecule has 0 radical (unpaired) electrons. The van der Waals surface area contributed by atoms with Crippen LogP contribution < -0.4 is 15.0 Å². The maximum atomic E-state index is 13.0. The lowest BCUT2D eigenvalue weighted by Gasteiger charge is -2.18. The number of nitrogens with zero attached hydrogens (tertiary/aromatic N) is 1. The van der Waals surface area contributed by atoms with E-state index in [0.717, 1.165) is 35.6 Å². The van der Waals surface area contributed by atoms with Crippen LogP contribution in [0.15, 0.2) is 42.5 Å². The van der Waals surface area contributed by atoms with Crippen LogP contribution in [-0.2, 0) is 16.1 Å². The number of benzene rings is 2. The van der Waals surface area contributed by atoms with E-state index in [4.69, 9.17) is 16.3 Å². The Balaban J connectivity index is 1.68. The van der Waals surface area contributed by atoms with Crippen molar-refractivity contribution in [2.45, 2.75) is 52.1 Å². The molecule has 5 nitrogen and oxygen atoms in total. The van der Waals surface area contributed by atoms with Gasteiger partial charge >= 0.3 is 0 Å². The highest BCUT2D eigenvalue weighted by Crippen LogP contribution is 2.38. The molecule has 0 saturated carbocycles. The van der Waals surface area contributed by atoms with Gasteiger partial charge in [0.15, 0.2) is 0 Å². The molecule has 2 aromatic rings. The number of ether oxygens (including phenoxy) is 1. The Hall–Kier alpha value is -2.53. The lowest BCUT2D eigenvalue weighted by molar-refractivity contribution is -0.126. The molecule has 29 heavy (non-hydrogen) atoms. The smallest absolute Gasteiger partial charge is 0.254 e. The van der Waals surface area contributed by atoms with Crippen LogP contribution in [0.3, 0.4) is 0 Å². The van der Waals surface area contributed by atoms with E-state index in [-0.39, 0.29) is 11.8 Å². The van der Waals surface area contributed by atoms with Crippen LogP contribution in [0.2, 0.25) is 5.02 Å². The molecule has 0 aliphatic carbocycles. The summed E-state index contributed by atoms with van der Waals surface area (Å²) in [5.74, 6) is 0.423. The average Bonchev–Trinajstić information content (AvgIpc) is 2.94. The van der Waals surface area contributed by atoms with Crippen molar-refractivity contribution in [3.63, 3.8) is 0 Å². The standard InChI is InChI=1S/C23H27ClN2O3/c1-3-4-5-6-13-29-19-10-7-17(8-11-19)15-26-21-12-9-18(24)14-20(21)22(23(26)28)25-16(2)27/h7-12,14,22H,3-6,13,15H2,1-2H3,(H,25,27)/t22-/m1/s1. The molecule has 0 spiro atoms. The third-order valence-corrected chi connectivity index (χ3v) is 5.22. The highest BCUT2D eigenvalue weighted by molar-refractivity contribution is 6.31. The second-order valence-corrected chi connectivity index (χ2v) is 7.75. The molecule has 154 valence electrons. The van der Waals surface area contributed by atoms with E-state index in [1.54, 1.807) is 17.0 Å². The fourth-order valence-electron chi connectivity index (χ4n) is 3.51. The van der Waals surface area contributed by atoms with Crippen molar-refractivity contribution in [2.75, 3.05) is 11.5 Å². The predicted molar refractivity (Wildman–Crippen MR) is 115 cm³/mol. The van der Waals surface area contributed by atoms with Gasteiger partial charge in [-0.25, -0.2) is 0 Å². The van der Waals surface area contributed by atoms with Crippen LogP contribution in [0.1, 0.15) is 56.7 Å². The van der Waals surface area contributed by atoms with Crippen molar-refractivity contribution in [3.05, 3.63) is 58.6 Å². The number of fused-ring (bicyclic) bond motifs is 1. The van der Waals surface area contributed by atoms with Gasteiger partial charge < -0.3 is 15.0 Å². The molecule has 0 unspecified atom stereocenters. The Morgan fingerprint density at radius 1 is 1.14 bits per heavy atom. The Labute approximate surface area is 177 Å². The predicted octanol–water partition coefficient (Wildman–Crippen LogP) is 5.02. The topological polar surface area (TPSA) is 58.6 Å². The lowest BCUT2D eigenvalue weighted by atomic mass is 10.1. The van der Waals surface area contributed by atoms with Crippen molar-refractivity contribution in [2.24, 2.45) is 0 Å². The molecule has 0 saturated heterocycles. The highest BCUT2D eigenvalue weighted by atomic mass is 35.5. The summed E-state index contributed by atoms with van der Waals surface area (Å²) in [5.41, 5.74) is 2.49. The summed E-state index contributed by atoms with van der Waals surface area (Å²) >= 11 is 6.11. The molecule has 6 heteroatoms. The second kappa shape index (κ2) is 9.79. The summed E-state index contributed by atoms with van der Waals surface area (Å²) in [4.78, 5) is 26.2. The highest BCUT2D eigenvalue weighted by Gasteiger charge is 2.37. The summed E-state index contributed by atoms with van der Waals surface area (Å²) in [7, 11) is 0. The number of hydrogen-bond donors (Lipinski definition) is 1. The van der Waals surface area contributed by atoms with Crippen LogP contribution >= 0.6 is 11.6 Å². The summed E-state index contributed by atoms with van der Waals surface area (Å²) in [6.45, 7) is 4.73. The first-order valence-corrected chi connectivity index (χ1v) is 10.5. The van der Waals surface area contributed by atoms with Gasteiger partial charge in [-0.3, -0.25) is 9.59 Å². The van der Waals surface area contributed by atoms with Crippen LogP contribution in [0.25, 0.3) is 0 Å². The number of amides is 2. The molecule has 3 rings (SSSR count). The molecule has 0 fully saturated rings. The van der Waals surface area contributed by atoms with Gasteiger partial charge in [-0.1, -0.05) is 49.9 Å². The maximum Gasteiger partial charge on any atom is 0.254 e. The number of rotatable bonds is 9. The van der Waals surface area contributed by atoms with Gasteiger partial charge in [-0.15, -0.1) is 0 Å². The minimum Gasteiger partial charge on any atom is -0.494 e. The van der Waals surface area contributed by atoms with E-state index in [1.165, 1.54) is 26.2 Å². The fourth-order valence-corrected chi connectivity index (χ4v) is 3.69. The van der Waals surface area contributed by atoms with Crippen LogP contribution in [0.5, 0.6) is 5.75 Å². The molecule has 1 heterocycles. The second-order valence-electron chi connectivity index (χ2n) is 7.31. The Bertz CT molecular complexity index is 867. The van der Waals surface area contributed by atoms with Crippen molar-refractivity contribution < 1.29 is 14.3 Å². The minimum atomic E-state index is -0.702. The van der Waals surface area contributed by atoms with Crippen LogP contribution in [-0.4, -0.2) is 18.4 Å². The summed E-state index contributed by atoms with van der Waals surface area (Å²) in [6.07, 6.45) is 4.69. The number of carbonyl (C=O) groups excluding carboxylic acids is 2. The van der Waals surface area contributed by atoms with E-state index in [1.807, 2.05) is 30.3 Å². The summed E-state index contributed by atoms with van der Waals surface area (Å²) in [6, 6.07) is 12.4. The van der Waals surface area contributed by atoms with E-state index < -0.39 is 6.04 Å². The van der Waals surface area contributed by atoms with Crippen molar-refractivity contribution >= 4 is 29.1 Å². The van der Waals surface area contributed by atoms with Crippen LogP contribution in [0, 0.1) is 0 Å². The molecular formula is C23H27ClN2O3. The summed E-state index contributed by atoms with van der Waals surface area (Å²) < 4.78 is 5.79. The van der Waals surface area contributed by atoms with Crippen LogP contribution in [0.4, 0.5) is 5.69 Å². The number of hydrogen-bond acceptors (Lipinski definition) is 3. The Morgan fingerprint density at radius 2 is 1.90 bits per heavy atom. The van der Waals surface area contributed by atoms with Gasteiger partial charge in [0.1, 0.15) is 11.8 Å². The van der Waals surface area contributed by atoms with E-state index in [2.05, 4.69) is 12.2 Å². The quantitative estimate of drug-likeness (QED) is 0.586. The maximum absolute atomic E-state index is 13.0. The SMILES string of the molecule is CCCCCCOc1ccc(CN2C(=O)[C@H](NC(C)=O)c3cc(Cl)ccc32)cc1. The Morgan fingerprint density at radius 3 is 2.59 bits per heavy atom. The van der Waals surface area contributed by atoms with E-state index in [0.29, 0.717) is 11.6 Å². The van der Waals surface area contributed by atoms with E-state index >= 15 is 0 Å². The number of anilines is 1. The Kier molecular flexibility index (Phi) is 7.15. The minimum absolute atomic E-state index is 0.159. The molecule has 0 bridgehead atoms. The molecule has 2 amide bonds. The normalized spacial score (nSPS) is 15.3. The fraction of sp³-hybridized carbons (Fsp3) is 0.391. The van der Waals surface area contributed by atoms with E-state index in [9.17, 15) is 9.59 Å². The van der Waals surface area contributed by atoms with Crippen molar-refractivity contribution in [3.8, 4) is 5.75 Å². The molecule has 1 aliphatic heterocycles. The first-order chi connectivity index (χ1) is 14.0. The molecular weight excluding hydrogens is 388 g/mol.